The minimum Gasteiger partial charge on any atom is -0.869 e. The van der Waals surface area contributed by atoms with Crippen LogP contribution >= 0.6 is 63.6 Å². The zero-order valence-electron chi connectivity index (χ0n) is 29.1. The molecule has 0 heterocycles. The van der Waals surface area contributed by atoms with E-state index in [-0.39, 0.29) is 26.0 Å². The molecule has 8 heteroatoms. The van der Waals surface area contributed by atoms with Gasteiger partial charge in [-0.2, -0.15) is 0 Å². The fourth-order valence-electron chi connectivity index (χ4n) is 5.49. The van der Waals surface area contributed by atoms with Gasteiger partial charge in [0, 0.05) is 8.95 Å². The summed E-state index contributed by atoms with van der Waals surface area (Å²) < 4.78 is 1.18. The van der Waals surface area contributed by atoms with Gasteiger partial charge in [0.2, 0.25) is 0 Å². The molecule has 7 aromatic carbocycles. The normalized spacial score (nSPS) is 10.3. The van der Waals surface area contributed by atoms with Gasteiger partial charge in [0.05, 0.1) is 20.3 Å². The second-order valence-corrected chi connectivity index (χ2v) is 19.6. The van der Waals surface area contributed by atoms with Gasteiger partial charge >= 0.3 is 17.1 Å². The van der Waals surface area contributed by atoms with E-state index in [2.05, 4.69) is 231 Å². The standard InChI is InChI=1S/2C19H17P.C7H3Br3O2.Cu/c2*1-16-12-14-19(15-13-16)20(17-8-4-2-5-9-17)18-10-6-3-7-11-18;8-3-1-4(9)6(11)7(12)5(10)2-3;/h2*2-15H,1H3;1-2H,(H,11,12);/q;;;+1/p+1. The van der Waals surface area contributed by atoms with Gasteiger partial charge in [-0.25, -0.2) is 0 Å². The van der Waals surface area contributed by atoms with Crippen molar-refractivity contribution in [2.45, 2.75) is 13.8 Å². The van der Waals surface area contributed by atoms with Gasteiger partial charge in [0.15, 0.2) is 5.43 Å². The van der Waals surface area contributed by atoms with Crippen LogP contribution in [0.15, 0.2) is 200 Å². The van der Waals surface area contributed by atoms with Crippen molar-refractivity contribution in [2.75, 3.05) is 0 Å². The van der Waals surface area contributed by atoms with Crippen molar-refractivity contribution in [3.05, 3.63) is 217 Å². The van der Waals surface area contributed by atoms with Crippen molar-refractivity contribution in [1.29, 1.82) is 0 Å². The molecule has 0 amide bonds. The molecule has 2 nitrogen and oxygen atoms in total. The third kappa shape index (κ3) is 12.4. The summed E-state index contributed by atoms with van der Waals surface area (Å²) in [5.41, 5.74) is 2.08. The van der Waals surface area contributed by atoms with E-state index in [4.69, 9.17) is 0 Å². The largest absolute Gasteiger partial charge is 1.00 e. The van der Waals surface area contributed by atoms with E-state index in [0.29, 0.717) is 4.47 Å². The van der Waals surface area contributed by atoms with Crippen LogP contribution in [0.3, 0.4) is 0 Å². The van der Waals surface area contributed by atoms with E-state index in [1.54, 1.807) is 0 Å². The zero-order chi connectivity index (χ0) is 36.9. The second-order valence-electron chi connectivity index (χ2n) is 12.0. The fourth-order valence-corrected chi connectivity index (χ4v) is 12.5. The van der Waals surface area contributed by atoms with Crippen molar-refractivity contribution in [2.24, 2.45) is 0 Å². The summed E-state index contributed by atoms with van der Waals surface area (Å²) in [6.07, 6.45) is 0. The van der Waals surface area contributed by atoms with Crippen molar-refractivity contribution in [1.82, 2.24) is 0 Å². The molecule has 0 unspecified atom stereocenters. The Hall–Kier alpha value is -3.17. The SMILES string of the molecule is Cc1ccc([PH+](c2ccccc2)c2ccccc2)cc1.Cc1ccc([PH+](c2ccccc2)c2ccccc2)cc1.O=c1c(Br)cc(Br)cc(Br)c1[O-].[Cu+]. The molecule has 0 saturated heterocycles. The first kappa shape index (κ1) is 42.6. The average molecular weight is 976 g/mol. The Kier molecular flexibility index (Phi) is 17.4. The van der Waals surface area contributed by atoms with Crippen LogP contribution in [0.25, 0.3) is 0 Å². The summed E-state index contributed by atoms with van der Waals surface area (Å²) in [7, 11) is -1.79. The number of hydrogen-bond acceptors (Lipinski definition) is 2. The number of halogens is 3. The van der Waals surface area contributed by atoms with Crippen LogP contribution in [0, 0.1) is 13.8 Å². The predicted molar refractivity (Wildman–Crippen MR) is 238 cm³/mol. The summed E-state index contributed by atoms with van der Waals surface area (Å²) in [6, 6.07) is 64.5. The monoisotopic (exact) mass is 972 g/mol. The third-order valence-electron chi connectivity index (χ3n) is 8.10. The molecule has 53 heavy (non-hydrogen) atoms. The fraction of sp³-hybridized carbons (Fsp3) is 0.0444. The van der Waals surface area contributed by atoms with Gasteiger partial charge < -0.3 is 5.11 Å². The Morgan fingerprint density at radius 2 is 0.679 bits per heavy atom. The van der Waals surface area contributed by atoms with Crippen LogP contribution in [-0.4, -0.2) is 0 Å². The van der Waals surface area contributed by atoms with E-state index < -0.39 is 27.0 Å². The van der Waals surface area contributed by atoms with Crippen LogP contribution in [-0.2, 0) is 17.1 Å². The zero-order valence-corrected chi connectivity index (χ0v) is 36.8. The van der Waals surface area contributed by atoms with Crippen molar-refractivity contribution in [3.63, 3.8) is 0 Å². The maximum Gasteiger partial charge on any atom is 1.00 e. The first-order valence-corrected chi connectivity index (χ1v) is 22.0. The molecule has 7 rings (SSSR count). The molecule has 7 aromatic rings. The minimum absolute atomic E-state index is 0. The van der Waals surface area contributed by atoms with Gasteiger partial charge in [-0.3, -0.25) is 4.79 Å². The molecule has 0 aliphatic heterocycles. The molecule has 0 aromatic heterocycles. The molecule has 0 spiro atoms. The van der Waals surface area contributed by atoms with Crippen molar-refractivity contribution >= 4 is 95.5 Å². The quantitative estimate of drug-likeness (QED) is 0.123. The molecule has 0 saturated carbocycles. The van der Waals surface area contributed by atoms with Crippen molar-refractivity contribution < 1.29 is 22.2 Å². The molecule has 0 aliphatic carbocycles. The maximum atomic E-state index is 11.1. The van der Waals surface area contributed by atoms with E-state index in [1.807, 2.05) is 0 Å². The maximum absolute atomic E-state index is 11.1. The summed E-state index contributed by atoms with van der Waals surface area (Å²) in [4.78, 5) is 11.1. The minimum atomic E-state index is -0.894. The smallest absolute Gasteiger partial charge is 0.869 e. The first-order chi connectivity index (χ1) is 25.2. The Morgan fingerprint density at radius 1 is 0.415 bits per heavy atom. The van der Waals surface area contributed by atoms with Gasteiger partial charge in [0.1, 0.15) is 31.8 Å². The van der Waals surface area contributed by atoms with Gasteiger partial charge in [-0.1, -0.05) is 140 Å². The van der Waals surface area contributed by atoms with E-state index >= 15 is 0 Å². The second kappa shape index (κ2) is 21.7. The van der Waals surface area contributed by atoms with E-state index in [9.17, 15) is 9.90 Å². The molecule has 0 bridgehead atoms. The molecule has 0 fully saturated rings. The topological polar surface area (TPSA) is 40.1 Å². The average Bonchev–Trinajstić information content (AvgIpc) is 3.26. The number of benzene rings is 6. The molecule has 0 radical (unpaired) electrons. The first-order valence-electron chi connectivity index (χ1n) is 16.7. The summed E-state index contributed by atoms with van der Waals surface area (Å²) in [5.74, 6) is -0.549. The number of aryl methyl sites for hydroxylation is 2. The number of hydrogen-bond donors (Lipinski definition) is 0. The molecule has 0 N–H and O–H groups in total. The predicted octanol–water partition coefficient (Wildman–Crippen LogP) is 9.38. The van der Waals surface area contributed by atoms with Crippen molar-refractivity contribution in [3.8, 4) is 5.75 Å². The Bertz CT molecular complexity index is 2010. The van der Waals surface area contributed by atoms with Crippen LogP contribution in [0.2, 0.25) is 0 Å². The summed E-state index contributed by atoms with van der Waals surface area (Å²) >= 11 is 9.17. The van der Waals surface area contributed by atoms with Crippen LogP contribution in [0.5, 0.6) is 5.75 Å². The van der Waals surface area contributed by atoms with Crippen LogP contribution < -0.4 is 42.4 Å². The molecule has 0 atom stereocenters. The Morgan fingerprint density at radius 3 is 0.981 bits per heavy atom. The summed E-state index contributed by atoms with van der Waals surface area (Å²) in [5, 5.41) is 19.8. The Labute approximate surface area is 351 Å². The number of rotatable bonds is 6. The third-order valence-corrected chi connectivity index (χ3v) is 15.2. The van der Waals surface area contributed by atoms with Gasteiger partial charge in [-0.05, 0) is 120 Å². The molecular formula is C45H38Br3CuO2P2+2. The molecule has 270 valence electrons. The van der Waals surface area contributed by atoms with E-state index in [0.717, 1.165) is 0 Å². The molecular weight excluding hydrogens is 938 g/mol. The van der Waals surface area contributed by atoms with Gasteiger partial charge in [-0.15, -0.1) is 0 Å². The molecule has 0 aliphatic rings. The van der Waals surface area contributed by atoms with Crippen LogP contribution in [0.4, 0.5) is 0 Å². The summed E-state index contributed by atoms with van der Waals surface area (Å²) in [6.45, 7) is 4.28. The van der Waals surface area contributed by atoms with Crippen LogP contribution in [0.1, 0.15) is 11.1 Å². The Balaban J connectivity index is 0.000000182. The van der Waals surface area contributed by atoms with E-state index in [1.165, 1.54) is 55.1 Å². The van der Waals surface area contributed by atoms with Gasteiger partial charge in [0.25, 0.3) is 0 Å².